The zero-order valence-electron chi connectivity index (χ0n) is 19.4. The van der Waals surface area contributed by atoms with Crippen molar-refractivity contribution in [2.75, 3.05) is 26.7 Å². The number of rotatable bonds is 5. The number of ether oxygens (including phenoxy) is 2. The van der Waals surface area contributed by atoms with E-state index in [4.69, 9.17) is 32.7 Å². The van der Waals surface area contributed by atoms with Crippen molar-refractivity contribution in [3.63, 3.8) is 0 Å². The Morgan fingerprint density at radius 1 is 0.970 bits per heavy atom. The SMILES string of the molecule is COC(=O)CC1CN(C(=O)OC(C)(C)C)CCN1C(c1ccc(Cl)cc1)c1ccc(Cl)cc1. The van der Waals surface area contributed by atoms with E-state index in [1.165, 1.54) is 7.11 Å². The van der Waals surface area contributed by atoms with E-state index < -0.39 is 5.60 Å². The smallest absolute Gasteiger partial charge is 0.410 e. The van der Waals surface area contributed by atoms with Crippen LogP contribution in [0, 0.1) is 0 Å². The highest BCUT2D eigenvalue weighted by molar-refractivity contribution is 6.30. The van der Waals surface area contributed by atoms with Gasteiger partial charge in [0.15, 0.2) is 0 Å². The Hall–Kier alpha value is -2.28. The van der Waals surface area contributed by atoms with Gasteiger partial charge in [-0.1, -0.05) is 47.5 Å². The lowest BCUT2D eigenvalue weighted by Crippen LogP contribution is -2.57. The maximum atomic E-state index is 12.7. The number of carbonyl (C=O) groups excluding carboxylic acids is 2. The summed E-state index contributed by atoms with van der Waals surface area (Å²) < 4.78 is 10.5. The van der Waals surface area contributed by atoms with Crippen LogP contribution >= 0.6 is 23.2 Å². The van der Waals surface area contributed by atoms with E-state index in [2.05, 4.69) is 4.90 Å². The molecule has 1 aliphatic heterocycles. The van der Waals surface area contributed by atoms with Gasteiger partial charge in [-0.25, -0.2) is 4.79 Å². The quantitative estimate of drug-likeness (QED) is 0.510. The number of nitrogens with zero attached hydrogens (tertiary/aromatic N) is 2. The largest absolute Gasteiger partial charge is 0.469 e. The number of hydrogen-bond acceptors (Lipinski definition) is 5. The molecule has 1 unspecified atom stereocenters. The number of piperazine rings is 1. The van der Waals surface area contributed by atoms with Gasteiger partial charge in [0.25, 0.3) is 0 Å². The van der Waals surface area contributed by atoms with Crippen LogP contribution in [0.25, 0.3) is 0 Å². The van der Waals surface area contributed by atoms with E-state index in [0.29, 0.717) is 29.7 Å². The second-order valence-electron chi connectivity index (χ2n) is 9.10. The standard InChI is InChI=1S/C25H30Cl2N2O4/c1-25(2,3)33-24(31)28-13-14-29(21(16-28)15-22(30)32-4)23(17-5-9-19(26)10-6-17)18-7-11-20(27)12-8-18/h5-12,21,23H,13-16H2,1-4H3. The van der Waals surface area contributed by atoms with Crippen molar-refractivity contribution < 1.29 is 19.1 Å². The fourth-order valence-electron chi connectivity index (χ4n) is 4.02. The first kappa shape index (κ1) is 25.3. The molecular formula is C25H30Cl2N2O4. The van der Waals surface area contributed by atoms with Gasteiger partial charge in [0, 0.05) is 35.7 Å². The molecule has 0 aliphatic carbocycles. The van der Waals surface area contributed by atoms with E-state index in [9.17, 15) is 9.59 Å². The third-order valence-corrected chi connectivity index (χ3v) is 6.02. The third-order valence-electron chi connectivity index (χ3n) is 5.51. The van der Waals surface area contributed by atoms with Crippen molar-refractivity contribution in [3.8, 4) is 0 Å². The summed E-state index contributed by atoms with van der Waals surface area (Å²) in [5.74, 6) is -0.331. The predicted octanol–water partition coefficient (Wildman–Crippen LogP) is 5.57. The van der Waals surface area contributed by atoms with Gasteiger partial charge in [0.2, 0.25) is 0 Å². The van der Waals surface area contributed by atoms with Crippen LogP contribution in [0.1, 0.15) is 44.4 Å². The molecule has 0 N–H and O–H groups in total. The summed E-state index contributed by atoms with van der Waals surface area (Å²) in [6.45, 7) is 6.89. The van der Waals surface area contributed by atoms with Crippen LogP contribution in [0.15, 0.2) is 48.5 Å². The number of halogens is 2. The minimum absolute atomic E-state index is 0.146. The molecule has 1 heterocycles. The summed E-state index contributed by atoms with van der Waals surface area (Å²) in [5.41, 5.74) is 1.46. The highest BCUT2D eigenvalue weighted by Gasteiger charge is 2.37. The van der Waals surface area contributed by atoms with Gasteiger partial charge >= 0.3 is 12.1 Å². The molecule has 0 aromatic heterocycles. The van der Waals surface area contributed by atoms with Gasteiger partial charge in [-0.15, -0.1) is 0 Å². The number of methoxy groups -OCH3 is 1. The number of carbonyl (C=O) groups is 2. The van der Waals surface area contributed by atoms with Gasteiger partial charge in [-0.3, -0.25) is 9.69 Å². The molecule has 0 radical (unpaired) electrons. The summed E-state index contributed by atoms with van der Waals surface area (Å²) in [7, 11) is 1.37. The summed E-state index contributed by atoms with van der Waals surface area (Å²) in [5, 5.41) is 1.30. The lowest BCUT2D eigenvalue weighted by Gasteiger charge is -2.45. The van der Waals surface area contributed by atoms with Crippen LogP contribution in [-0.2, 0) is 14.3 Å². The summed E-state index contributed by atoms with van der Waals surface area (Å²) in [4.78, 5) is 28.9. The van der Waals surface area contributed by atoms with E-state index in [1.54, 1.807) is 4.90 Å². The second kappa shape index (κ2) is 10.8. The lowest BCUT2D eigenvalue weighted by atomic mass is 9.93. The predicted molar refractivity (Wildman–Crippen MR) is 130 cm³/mol. The van der Waals surface area contributed by atoms with Crippen LogP contribution in [0.2, 0.25) is 10.0 Å². The zero-order chi connectivity index (χ0) is 24.2. The van der Waals surface area contributed by atoms with E-state index in [-0.39, 0.29) is 30.6 Å². The summed E-state index contributed by atoms with van der Waals surface area (Å²) >= 11 is 12.3. The fraction of sp³-hybridized carbons (Fsp3) is 0.440. The van der Waals surface area contributed by atoms with Crippen LogP contribution in [-0.4, -0.2) is 60.2 Å². The van der Waals surface area contributed by atoms with Crippen molar-refractivity contribution in [2.24, 2.45) is 0 Å². The molecule has 1 saturated heterocycles. The third kappa shape index (κ3) is 6.85. The minimum atomic E-state index is -0.596. The van der Waals surface area contributed by atoms with Crippen LogP contribution < -0.4 is 0 Å². The molecule has 8 heteroatoms. The Balaban J connectivity index is 1.96. The van der Waals surface area contributed by atoms with E-state index >= 15 is 0 Å². The van der Waals surface area contributed by atoms with Crippen molar-refractivity contribution in [3.05, 3.63) is 69.7 Å². The number of benzene rings is 2. The van der Waals surface area contributed by atoms with Gasteiger partial charge < -0.3 is 14.4 Å². The van der Waals surface area contributed by atoms with Crippen LogP contribution in [0.3, 0.4) is 0 Å². The molecule has 0 saturated carbocycles. The van der Waals surface area contributed by atoms with Crippen LogP contribution in [0.5, 0.6) is 0 Å². The molecule has 1 aliphatic rings. The molecular weight excluding hydrogens is 463 g/mol. The van der Waals surface area contributed by atoms with Gasteiger partial charge in [0.1, 0.15) is 5.60 Å². The molecule has 6 nitrogen and oxygen atoms in total. The Labute approximate surface area is 205 Å². The molecule has 1 fully saturated rings. The molecule has 1 atom stereocenters. The van der Waals surface area contributed by atoms with Gasteiger partial charge in [-0.05, 0) is 56.2 Å². The maximum Gasteiger partial charge on any atom is 0.410 e. The summed E-state index contributed by atoms with van der Waals surface area (Å²) in [6, 6.07) is 14.9. The van der Waals surface area contributed by atoms with Crippen LogP contribution in [0.4, 0.5) is 4.79 Å². The second-order valence-corrected chi connectivity index (χ2v) is 9.98. The lowest BCUT2D eigenvalue weighted by molar-refractivity contribution is -0.143. The number of amides is 1. The molecule has 3 rings (SSSR count). The van der Waals surface area contributed by atoms with Crippen molar-refractivity contribution >= 4 is 35.3 Å². The Morgan fingerprint density at radius 3 is 1.94 bits per heavy atom. The molecule has 0 bridgehead atoms. The van der Waals surface area contributed by atoms with E-state index in [0.717, 1.165) is 11.1 Å². The summed E-state index contributed by atoms with van der Waals surface area (Å²) in [6.07, 6.45) is -0.237. The topological polar surface area (TPSA) is 59.1 Å². The number of esters is 1. The Morgan fingerprint density at radius 2 is 1.48 bits per heavy atom. The van der Waals surface area contributed by atoms with Gasteiger partial charge in [-0.2, -0.15) is 0 Å². The molecule has 178 valence electrons. The highest BCUT2D eigenvalue weighted by atomic mass is 35.5. The average molecular weight is 493 g/mol. The zero-order valence-corrected chi connectivity index (χ0v) is 20.9. The highest BCUT2D eigenvalue weighted by Crippen LogP contribution is 2.34. The molecule has 1 amide bonds. The van der Waals surface area contributed by atoms with Crippen molar-refractivity contribution in [1.29, 1.82) is 0 Å². The molecule has 33 heavy (non-hydrogen) atoms. The average Bonchev–Trinajstić information content (AvgIpc) is 2.76. The molecule has 0 spiro atoms. The fourth-order valence-corrected chi connectivity index (χ4v) is 4.28. The van der Waals surface area contributed by atoms with Crippen molar-refractivity contribution in [2.45, 2.75) is 44.9 Å². The van der Waals surface area contributed by atoms with Crippen molar-refractivity contribution in [1.82, 2.24) is 9.80 Å². The molecule has 2 aromatic rings. The normalized spacial score (nSPS) is 17.2. The number of hydrogen-bond donors (Lipinski definition) is 0. The Kier molecular flexibility index (Phi) is 8.27. The van der Waals surface area contributed by atoms with E-state index in [1.807, 2.05) is 69.3 Å². The monoisotopic (exact) mass is 492 g/mol. The first-order valence-corrected chi connectivity index (χ1v) is 11.6. The first-order chi connectivity index (χ1) is 15.6. The van der Waals surface area contributed by atoms with Gasteiger partial charge in [0.05, 0.1) is 19.6 Å². The first-order valence-electron chi connectivity index (χ1n) is 10.9. The maximum absolute atomic E-state index is 12.7. The molecule has 2 aromatic carbocycles. The Bertz CT molecular complexity index is 912. The minimum Gasteiger partial charge on any atom is -0.469 e.